The van der Waals surface area contributed by atoms with E-state index in [0.717, 1.165) is 0 Å². The highest BCUT2D eigenvalue weighted by Gasteiger charge is 2.22. The number of benzene rings is 1. The fourth-order valence-electron chi connectivity index (χ4n) is 1.50. The minimum atomic E-state index is -1.74. The first-order valence-electron chi connectivity index (χ1n) is 5.49. The van der Waals surface area contributed by atoms with E-state index in [0.29, 0.717) is 18.3 Å². The van der Waals surface area contributed by atoms with Crippen molar-refractivity contribution in [1.29, 1.82) is 0 Å². The van der Waals surface area contributed by atoms with Crippen molar-refractivity contribution in [1.82, 2.24) is 20.5 Å². The molecule has 1 aromatic heterocycles. The highest BCUT2D eigenvalue weighted by Crippen LogP contribution is 2.25. The van der Waals surface area contributed by atoms with Crippen LogP contribution in [-0.2, 0) is 6.42 Å². The number of aromatic amines is 1. The zero-order valence-corrected chi connectivity index (χ0v) is 9.95. The van der Waals surface area contributed by atoms with E-state index in [9.17, 15) is 18.0 Å². The van der Waals surface area contributed by atoms with Crippen molar-refractivity contribution >= 4 is 5.91 Å². The molecule has 9 heteroatoms. The summed E-state index contributed by atoms with van der Waals surface area (Å²) in [5.74, 6) is -6.76. The molecule has 0 radical (unpaired) electrons. The minimum absolute atomic E-state index is 0.0766. The largest absolute Gasteiger partial charge is 0.503 e. The Morgan fingerprint density at radius 1 is 1.35 bits per heavy atom. The summed E-state index contributed by atoms with van der Waals surface area (Å²) < 4.78 is 39.3. The molecular formula is C11H9F3N4O2. The lowest BCUT2D eigenvalue weighted by molar-refractivity contribution is 0.0948. The van der Waals surface area contributed by atoms with Crippen molar-refractivity contribution in [3.63, 3.8) is 0 Å². The number of hydrogen-bond acceptors (Lipinski definition) is 4. The van der Waals surface area contributed by atoms with Gasteiger partial charge in [0.25, 0.3) is 5.91 Å². The number of carbonyl (C=O) groups is 1. The number of hydrogen-bond donors (Lipinski definition) is 3. The summed E-state index contributed by atoms with van der Waals surface area (Å²) in [6.07, 6.45) is 1.58. The Bertz CT molecular complexity index is 631. The SMILES string of the molecule is O=C(NCCc1ncn[nH]1)c1cc(F)c(F)c(O)c1F. The van der Waals surface area contributed by atoms with E-state index in [1.165, 1.54) is 6.33 Å². The standard InChI is InChI=1S/C11H9F3N4O2/c12-6-3-5(8(13)10(19)9(6)14)11(20)15-2-1-7-16-4-17-18-7/h3-4,19H,1-2H2,(H,15,20)(H,16,17,18). The number of amides is 1. The normalized spacial score (nSPS) is 10.6. The predicted molar refractivity (Wildman–Crippen MR) is 60.4 cm³/mol. The van der Waals surface area contributed by atoms with Gasteiger partial charge in [-0.05, 0) is 6.07 Å². The maximum atomic E-state index is 13.4. The first-order valence-corrected chi connectivity index (χ1v) is 5.49. The second-order valence-corrected chi connectivity index (χ2v) is 3.82. The molecule has 0 atom stereocenters. The van der Waals surface area contributed by atoms with Gasteiger partial charge in [-0.15, -0.1) is 0 Å². The molecular weight excluding hydrogens is 277 g/mol. The van der Waals surface area contributed by atoms with Crippen LogP contribution >= 0.6 is 0 Å². The molecule has 0 fully saturated rings. The number of nitrogens with zero attached hydrogens (tertiary/aromatic N) is 2. The number of nitrogens with one attached hydrogen (secondary N) is 2. The number of halogens is 3. The monoisotopic (exact) mass is 286 g/mol. The summed E-state index contributed by atoms with van der Waals surface area (Å²) in [7, 11) is 0. The topological polar surface area (TPSA) is 90.9 Å². The number of carbonyl (C=O) groups excluding carboxylic acids is 1. The molecule has 0 unspecified atom stereocenters. The Morgan fingerprint density at radius 3 is 2.75 bits per heavy atom. The van der Waals surface area contributed by atoms with E-state index < -0.39 is 34.7 Å². The van der Waals surface area contributed by atoms with E-state index in [-0.39, 0.29) is 6.54 Å². The average molecular weight is 286 g/mol. The third-order valence-electron chi connectivity index (χ3n) is 2.49. The minimum Gasteiger partial charge on any atom is -0.503 e. The van der Waals surface area contributed by atoms with Gasteiger partial charge in [0, 0.05) is 13.0 Å². The summed E-state index contributed by atoms with van der Waals surface area (Å²) in [5.41, 5.74) is -0.779. The summed E-state index contributed by atoms with van der Waals surface area (Å²) in [6.45, 7) is 0.0766. The second kappa shape index (κ2) is 5.59. The molecule has 106 valence electrons. The number of rotatable bonds is 4. The molecule has 0 aliphatic carbocycles. The number of phenolic OH excluding ortho intramolecular Hbond substituents is 1. The van der Waals surface area contributed by atoms with Gasteiger partial charge in [-0.1, -0.05) is 0 Å². The molecule has 0 aliphatic rings. The van der Waals surface area contributed by atoms with Crippen molar-refractivity contribution in [2.24, 2.45) is 0 Å². The summed E-state index contributed by atoms with van der Waals surface area (Å²) in [4.78, 5) is 15.4. The first-order chi connectivity index (χ1) is 9.50. The number of aromatic hydroxyl groups is 1. The number of aromatic nitrogens is 3. The van der Waals surface area contributed by atoms with Gasteiger partial charge in [0.05, 0.1) is 5.56 Å². The van der Waals surface area contributed by atoms with Gasteiger partial charge < -0.3 is 10.4 Å². The highest BCUT2D eigenvalue weighted by molar-refractivity contribution is 5.94. The maximum absolute atomic E-state index is 13.4. The smallest absolute Gasteiger partial charge is 0.254 e. The summed E-state index contributed by atoms with van der Waals surface area (Å²) >= 11 is 0. The van der Waals surface area contributed by atoms with Crippen LogP contribution in [0.1, 0.15) is 16.2 Å². The van der Waals surface area contributed by atoms with Gasteiger partial charge in [0.2, 0.25) is 5.82 Å². The predicted octanol–water partition coefficient (Wildman–Crippen LogP) is 0.900. The molecule has 0 saturated heterocycles. The third kappa shape index (κ3) is 2.71. The zero-order chi connectivity index (χ0) is 14.7. The van der Waals surface area contributed by atoms with Gasteiger partial charge in [-0.2, -0.15) is 9.49 Å². The Labute approximate surface area is 110 Å². The molecule has 20 heavy (non-hydrogen) atoms. The Balaban J connectivity index is 2.06. The molecule has 0 bridgehead atoms. The maximum Gasteiger partial charge on any atom is 0.254 e. The Kier molecular flexibility index (Phi) is 3.87. The van der Waals surface area contributed by atoms with Crippen LogP contribution in [0.25, 0.3) is 0 Å². The highest BCUT2D eigenvalue weighted by atomic mass is 19.2. The van der Waals surface area contributed by atoms with Gasteiger partial charge in [-0.3, -0.25) is 9.89 Å². The fraction of sp³-hybridized carbons (Fsp3) is 0.182. The third-order valence-corrected chi connectivity index (χ3v) is 2.49. The van der Waals surface area contributed by atoms with Crippen LogP contribution in [0.2, 0.25) is 0 Å². The Hall–Kier alpha value is -2.58. The lowest BCUT2D eigenvalue weighted by Crippen LogP contribution is -2.27. The van der Waals surface area contributed by atoms with Gasteiger partial charge >= 0.3 is 0 Å². The zero-order valence-electron chi connectivity index (χ0n) is 9.95. The van der Waals surface area contributed by atoms with Crippen LogP contribution in [0.5, 0.6) is 5.75 Å². The molecule has 1 heterocycles. The van der Waals surface area contributed by atoms with Gasteiger partial charge in [0.1, 0.15) is 12.2 Å². The van der Waals surface area contributed by atoms with Gasteiger partial charge in [0.15, 0.2) is 17.4 Å². The van der Waals surface area contributed by atoms with E-state index in [1.54, 1.807) is 0 Å². The summed E-state index contributed by atoms with van der Waals surface area (Å²) in [5, 5.41) is 17.4. The molecule has 0 spiro atoms. The molecule has 2 rings (SSSR count). The van der Waals surface area contributed by atoms with Gasteiger partial charge in [-0.25, -0.2) is 13.8 Å². The lowest BCUT2D eigenvalue weighted by Gasteiger charge is -2.07. The molecule has 1 aromatic carbocycles. The van der Waals surface area contributed by atoms with Crippen molar-refractivity contribution in [2.45, 2.75) is 6.42 Å². The van der Waals surface area contributed by atoms with Crippen molar-refractivity contribution < 1.29 is 23.1 Å². The molecule has 1 amide bonds. The van der Waals surface area contributed by atoms with Crippen LogP contribution in [-0.4, -0.2) is 32.7 Å². The quantitative estimate of drug-likeness (QED) is 0.728. The van der Waals surface area contributed by atoms with E-state index in [1.807, 2.05) is 0 Å². The average Bonchev–Trinajstić information content (AvgIpc) is 2.93. The van der Waals surface area contributed by atoms with Crippen LogP contribution in [0.4, 0.5) is 13.2 Å². The van der Waals surface area contributed by atoms with Crippen LogP contribution in [0.15, 0.2) is 12.4 Å². The molecule has 6 nitrogen and oxygen atoms in total. The van der Waals surface area contributed by atoms with E-state index in [4.69, 9.17) is 5.11 Å². The molecule has 2 aromatic rings. The molecule has 0 aliphatic heterocycles. The molecule has 0 saturated carbocycles. The van der Waals surface area contributed by atoms with Crippen LogP contribution in [0.3, 0.4) is 0 Å². The van der Waals surface area contributed by atoms with E-state index >= 15 is 0 Å². The molecule has 3 N–H and O–H groups in total. The van der Waals surface area contributed by atoms with Crippen molar-refractivity contribution in [2.75, 3.05) is 6.54 Å². The number of phenols is 1. The van der Waals surface area contributed by atoms with E-state index in [2.05, 4.69) is 20.5 Å². The number of H-pyrrole nitrogens is 1. The van der Waals surface area contributed by atoms with Crippen molar-refractivity contribution in [3.8, 4) is 5.75 Å². The second-order valence-electron chi connectivity index (χ2n) is 3.82. The summed E-state index contributed by atoms with van der Waals surface area (Å²) in [6, 6.07) is 0.383. The Morgan fingerprint density at radius 2 is 2.10 bits per heavy atom. The fourth-order valence-corrected chi connectivity index (χ4v) is 1.50. The van der Waals surface area contributed by atoms with Crippen LogP contribution < -0.4 is 5.32 Å². The lowest BCUT2D eigenvalue weighted by atomic mass is 10.1. The first kappa shape index (κ1) is 13.8. The van der Waals surface area contributed by atoms with Crippen LogP contribution in [0, 0.1) is 17.5 Å². The van der Waals surface area contributed by atoms with Crippen molar-refractivity contribution in [3.05, 3.63) is 41.2 Å².